The molecule has 0 atom stereocenters. The molecule has 2 aromatic carbocycles. The molecule has 0 bridgehead atoms. The van der Waals surface area contributed by atoms with Gasteiger partial charge in [0.2, 0.25) is 11.8 Å². The van der Waals surface area contributed by atoms with Crippen LogP contribution >= 0.6 is 0 Å². The molecule has 0 unspecified atom stereocenters. The minimum absolute atomic E-state index is 0.131. The molecule has 2 aromatic rings. The Bertz CT molecular complexity index is 1100. The van der Waals surface area contributed by atoms with Crippen molar-refractivity contribution in [1.29, 1.82) is 0 Å². The number of aryl methyl sites for hydroxylation is 2. The van der Waals surface area contributed by atoms with Crippen molar-refractivity contribution in [2.75, 3.05) is 10.6 Å². The van der Waals surface area contributed by atoms with Crippen molar-refractivity contribution >= 4 is 33.0 Å². The number of hydrogen-bond acceptors (Lipinski definition) is 4. The first-order valence-electron chi connectivity index (χ1n) is 10.6. The number of anilines is 2. The Hall–Kier alpha value is -2.67. The summed E-state index contributed by atoms with van der Waals surface area (Å²) in [6, 6.07) is 12.1. The molecule has 0 aromatic heterocycles. The lowest BCUT2D eigenvalue weighted by Gasteiger charge is -2.28. The van der Waals surface area contributed by atoms with Gasteiger partial charge in [-0.1, -0.05) is 44.9 Å². The largest absolute Gasteiger partial charge is 0.326 e. The number of rotatable bonds is 6. The van der Waals surface area contributed by atoms with E-state index in [1.54, 1.807) is 57.2 Å². The van der Waals surface area contributed by atoms with Crippen LogP contribution in [0.5, 0.6) is 0 Å². The number of sulfone groups is 1. The Labute approximate surface area is 184 Å². The van der Waals surface area contributed by atoms with Gasteiger partial charge in [-0.3, -0.25) is 9.59 Å². The Balaban J connectivity index is 1.93. The van der Waals surface area contributed by atoms with Gasteiger partial charge in [-0.05, 0) is 62.1 Å². The summed E-state index contributed by atoms with van der Waals surface area (Å²) >= 11 is 0. The van der Waals surface area contributed by atoms with Gasteiger partial charge in [0.05, 0.1) is 4.90 Å². The quantitative estimate of drug-likeness (QED) is 0.683. The molecule has 3 rings (SSSR count). The highest BCUT2D eigenvalue weighted by Gasteiger charge is 2.53. The molecule has 166 valence electrons. The minimum Gasteiger partial charge on any atom is -0.326 e. The Morgan fingerprint density at radius 1 is 0.935 bits per heavy atom. The molecule has 0 radical (unpaired) electrons. The third kappa shape index (κ3) is 4.51. The maximum atomic E-state index is 13.7. The first-order chi connectivity index (χ1) is 14.6. The van der Waals surface area contributed by atoms with Gasteiger partial charge in [0, 0.05) is 17.3 Å². The van der Waals surface area contributed by atoms with Crippen molar-refractivity contribution in [1.82, 2.24) is 0 Å². The Morgan fingerprint density at radius 3 is 2.16 bits per heavy atom. The van der Waals surface area contributed by atoms with Gasteiger partial charge in [-0.2, -0.15) is 0 Å². The van der Waals surface area contributed by atoms with Gasteiger partial charge in [0.25, 0.3) is 0 Å². The summed E-state index contributed by atoms with van der Waals surface area (Å²) < 4.78 is 26.0. The topological polar surface area (TPSA) is 92.3 Å². The van der Waals surface area contributed by atoms with Gasteiger partial charge < -0.3 is 10.6 Å². The highest BCUT2D eigenvalue weighted by molar-refractivity contribution is 7.93. The van der Waals surface area contributed by atoms with E-state index < -0.39 is 20.5 Å². The molecular formula is C24H30N2O4S. The molecule has 0 heterocycles. The molecule has 0 saturated heterocycles. The Kier molecular flexibility index (Phi) is 6.55. The van der Waals surface area contributed by atoms with Crippen LogP contribution in [0.25, 0.3) is 0 Å². The fourth-order valence-electron chi connectivity index (χ4n) is 3.98. The monoisotopic (exact) mass is 442 g/mol. The second-order valence-electron chi connectivity index (χ2n) is 8.65. The predicted octanol–water partition coefficient (Wildman–Crippen LogP) is 4.62. The molecule has 0 spiro atoms. The highest BCUT2D eigenvalue weighted by atomic mass is 32.2. The Morgan fingerprint density at radius 2 is 1.55 bits per heavy atom. The lowest BCUT2D eigenvalue weighted by Crippen LogP contribution is -2.47. The van der Waals surface area contributed by atoms with E-state index in [1.165, 1.54) is 0 Å². The van der Waals surface area contributed by atoms with Crippen LogP contribution in [0.1, 0.15) is 50.7 Å². The lowest BCUT2D eigenvalue weighted by molar-refractivity contribution is -0.119. The summed E-state index contributed by atoms with van der Waals surface area (Å²) in [6.45, 7) is 7.19. The summed E-state index contributed by atoms with van der Waals surface area (Å²) in [7, 11) is -3.89. The van der Waals surface area contributed by atoms with E-state index in [2.05, 4.69) is 10.6 Å². The van der Waals surface area contributed by atoms with Crippen molar-refractivity contribution in [3.63, 3.8) is 0 Å². The minimum atomic E-state index is -3.89. The molecule has 1 fully saturated rings. The summed E-state index contributed by atoms with van der Waals surface area (Å²) in [5.41, 5.74) is 2.48. The molecule has 1 aliphatic rings. The standard InChI is InChI=1S/C24H30N2O4S/c1-16(2)22(27)25-19-8-7-9-20(15-19)26-23(28)24(12-5-6-13-24)31(29,30)21-14-17(3)10-11-18(21)4/h7-11,14-16H,5-6,12-13H2,1-4H3,(H,25,27)(H,26,28). The molecule has 0 aliphatic heterocycles. The second kappa shape index (κ2) is 8.83. The van der Waals surface area contributed by atoms with E-state index in [9.17, 15) is 18.0 Å². The van der Waals surface area contributed by atoms with Gasteiger partial charge >= 0.3 is 0 Å². The first kappa shape index (κ1) is 23.0. The lowest BCUT2D eigenvalue weighted by atomic mass is 10.1. The normalized spacial score (nSPS) is 15.6. The molecule has 31 heavy (non-hydrogen) atoms. The number of nitrogens with one attached hydrogen (secondary N) is 2. The van der Waals surface area contributed by atoms with Crippen LogP contribution < -0.4 is 10.6 Å². The average molecular weight is 443 g/mol. The number of hydrogen-bond donors (Lipinski definition) is 2. The number of carbonyl (C=O) groups is 2. The van der Waals surface area contributed by atoms with E-state index in [4.69, 9.17) is 0 Å². The molecule has 1 saturated carbocycles. The van der Waals surface area contributed by atoms with Crippen molar-refractivity contribution in [3.8, 4) is 0 Å². The predicted molar refractivity (Wildman–Crippen MR) is 123 cm³/mol. The van der Waals surface area contributed by atoms with Gasteiger partial charge in [0.1, 0.15) is 0 Å². The number of amides is 2. The van der Waals surface area contributed by atoms with E-state index in [-0.39, 0.29) is 16.7 Å². The smallest absolute Gasteiger partial charge is 0.246 e. The zero-order valence-electron chi connectivity index (χ0n) is 18.5. The van der Waals surface area contributed by atoms with Crippen LogP contribution in [0.15, 0.2) is 47.4 Å². The van der Waals surface area contributed by atoms with Crippen LogP contribution in [0.3, 0.4) is 0 Å². The molecule has 1 aliphatic carbocycles. The SMILES string of the molecule is Cc1ccc(C)c(S(=O)(=O)C2(C(=O)Nc3cccc(NC(=O)C(C)C)c3)CCCC2)c1. The van der Waals surface area contributed by atoms with Crippen molar-refractivity contribution in [2.45, 2.75) is 63.0 Å². The van der Waals surface area contributed by atoms with E-state index >= 15 is 0 Å². The number of carbonyl (C=O) groups excluding carboxylic acids is 2. The van der Waals surface area contributed by atoms with Crippen LogP contribution in [0.4, 0.5) is 11.4 Å². The zero-order valence-corrected chi connectivity index (χ0v) is 19.3. The molecule has 7 heteroatoms. The molecule has 2 N–H and O–H groups in total. The second-order valence-corrected chi connectivity index (χ2v) is 10.9. The van der Waals surface area contributed by atoms with Crippen molar-refractivity contribution < 1.29 is 18.0 Å². The van der Waals surface area contributed by atoms with Gasteiger partial charge in [0.15, 0.2) is 14.6 Å². The maximum absolute atomic E-state index is 13.7. The molecular weight excluding hydrogens is 412 g/mol. The molecule has 6 nitrogen and oxygen atoms in total. The van der Waals surface area contributed by atoms with Gasteiger partial charge in [-0.15, -0.1) is 0 Å². The van der Waals surface area contributed by atoms with Crippen molar-refractivity contribution in [2.24, 2.45) is 5.92 Å². The van der Waals surface area contributed by atoms with Crippen LogP contribution in [0.2, 0.25) is 0 Å². The highest BCUT2D eigenvalue weighted by Crippen LogP contribution is 2.42. The fourth-order valence-corrected chi connectivity index (χ4v) is 6.35. The third-order valence-corrected chi connectivity index (χ3v) is 8.53. The number of benzene rings is 2. The third-order valence-electron chi connectivity index (χ3n) is 5.88. The van der Waals surface area contributed by atoms with Crippen molar-refractivity contribution in [3.05, 3.63) is 53.6 Å². The summed E-state index contributed by atoms with van der Waals surface area (Å²) in [5, 5.41) is 5.60. The summed E-state index contributed by atoms with van der Waals surface area (Å²) in [6.07, 6.45) is 1.95. The van der Waals surface area contributed by atoms with Crippen LogP contribution in [-0.2, 0) is 19.4 Å². The summed E-state index contributed by atoms with van der Waals surface area (Å²) in [5.74, 6) is -0.825. The zero-order chi connectivity index (χ0) is 22.8. The van der Waals surface area contributed by atoms with Crippen LogP contribution in [0, 0.1) is 19.8 Å². The van der Waals surface area contributed by atoms with E-state index in [0.29, 0.717) is 42.6 Å². The van der Waals surface area contributed by atoms with Gasteiger partial charge in [-0.25, -0.2) is 8.42 Å². The first-order valence-corrected chi connectivity index (χ1v) is 12.1. The average Bonchev–Trinajstić information content (AvgIpc) is 3.22. The van der Waals surface area contributed by atoms with E-state index in [0.717, 1.165) is 5.56 Å². The van der Waals surface area contributed by atoms with E-state index in [1.807, 2.05) is 13.0 Å². The summed E-state index contributed by atoms with van der Waals surface area (Å²) in [4.78, 5) is 25.6. The van der Waals surface area contributed by atoms with Crippen LogP contribution in [-0.4, -0.2) is 25.0 Å². The fraction of sp³-hybridized carbons (Fsp3) is 0.417. The maximum Gasteiger partial charge on any atom is 0.246 e. The molecule has 2 amide bonds.